The van der Waals surface area contributed by atoms with Gasteiger partial charge in [-0.05, 0) is 47.1 Å². The van der Waals surface area contributed by atoms with Gasteiger partial charge < -0.3 is 4.90 Å². The SMILES string of the molecule is Cc1ccc(C(C)(C)C)cc1CCN(C)C(=O)Cl. The van der Waals surface area contributed by atoms with Crippen molar-refractivity contribution in [2.75, 3.05) is 13.6 Å². The zero-order chi connectivity index (χ0) is 13.9. The van der Waals surface area contributed by atoms with E-state index in [-0.39, 0.29) is 5.41 Å². The minimum Gasteiger partial charge on any atom is -0.332 e. The van der Waals surface area contributed by atoms with Crippen molar-refractivity contribution in [3.63, 3.8) is 0 Å². The monoisotopic (exact) mass is 267 g/mol. The highest BCUT2D eigenvalue weighted by Crippen LogP contribution is 2.24. The van der Waals surface area contributed by atoms with Crippen LogP contribution in [0.3, 0.4) is 0 Å². The molecular weight excluding hydrogens is 246 g/mol. The Hall–Kier alpha value is -1.02. The van der Waals surface area contributed by atoms with Crippen LogP contribution in [0, 0.1) is 6.92 Å². The molecule has 0 heterocycles. The molecule has 0 spiro atoms. The minimum atomic E-state index is -0.403. The van der Waals surface area contributed by atoms with E-state index in [1.807, 2.05) is 0 Å². The third kappa shape index (κ3) is 4.02. The van der Waals surface area contributed by atoms with Crippen LogP contribution in [0.5, 0.6) is 0 Å². The summed E-state index contributed by atoms with van der Waals surface area (Å²) in [6.07, 6.45) is 0.838. The van der Waals surface area contributed by atoms with E-state index in [2.05, 4.69) is 45.9 Å². The second-order valence-corrected chi connectivity index (χ2v) is 6.14. The summed E-state index contributed by atoms with van der Waals surface area (Å²) >= 11 is 5.43. The van der Waals surface area contributed by atoms with Crippen LogP contribution < -0.4 is 0 Å². The van der Waals surface area contributed by atoms with Gasteiger partial charge in [0.15, 0.2) is 0 Å². The van der Waals surface area contributed by atoms with Crippen LogP contribution >= 0.6 is 11.6 Å². The lowest BCUT2D eigenvalue weighted by Gasteiger charge is -2.21. The molecule has 0 saturated heterocycles. The number of amides is 1. The first kappa shape index (κ1) is 15.0. The first-order valence-electron chi connectivity index (χ1n) is 6.22. The highest BCUT2D eigenvalue weighted by molar-refractivity contribution is 6.62. The van der Waals surface area contributed by atoms with Crippen LogP contribution in [0.25, 0.3) is 0 Å². The molecule has 0 radical (unpaired) electrons. The lowest BCUT2D eigenvalue weighted by Crippen LogP contribution is -2.23. The van der Waals surface area contributed by atoms with Gasteiger partial charge in [-0.1, -0.05) is 39.0 Å². The van der Waals surface area contributed by atoms with Crippen molar-refractivity contribution in [3.05, 3.63) is 34.9 Å². The molecule has 0 saturated carbocycles. The van der Waals surface area contributed by atoms with E-state index in [4.69, 9.17) is 11.6 Å². The molecule has 1 rings (SSSR count). The predicted molar refractivity (Wildman–Crippen MR) is 77.5 cm³/mol. The molecule has 0 N–H and O–H groups in total. The number of rotatable bonds is 3. The summed E-state index contributed by atoms with van der Waals surface area (Å²) in [5, 5.41) is -0.403. The summed E-state index contributed by atoms with van der Waals surface area (Å²) in [4.78, 5) is 12.5. The summed E-state index contributed by atoms with van der Waals surface area (Å²) < 4.78 is 0. The van der Waals surface area contributed by atoms with Crippen molar-refractivity contribution in [1.29, 1.82) is 0 Å². The summed E-state index contributed by atoms with van der Waals surface area (Å²) in [6, 6.07) is 6.57. The van der Waals surface area contributed by atoms with Crippen molar-refractivity contribution >= 4 is 17.0 Å². The van der Waals surface area contributed by atoms with Gasteiger partial charge in [-0.2, -0.15) is 0 Å². The van der Waals surface area contributed by atoms with Gasteiger partial charge >= 0.3 is 5.37 Å². The number of nitrogens with zero attached hydrogens (tertiary/aromatic N) is 1. The molecule has 0 aliphatic heterocycles. The molecule has 0 bridgehead atoms. The fourth-order valence-electron chi connectivity index (χ4n) is 1.78. The maximum absolute atomic E-state index is 11.0. The number of carbonyl (C=O) groups excluding carboxylic acids is 1. The maximum atomic E-state index is 11.0. The minimum absolute atomic E-state index is 0.149. The molecule has 0 atom stereocenters. The number of benzene rings is 1. The topological polar surface area (TPSA) is 20.3 Å². The number of hydrogen-bond donors (Lipinski definition) is 0. The van der Waals surface area contributed by atoms with Crippen molar-refractivity contribution < 1.29 is 4.79 Å². The van der Waals surface area contributed by atoms with Crippen LogP contribution in [-0.2, 0) is 11.8 Å². The van der Waals surface area contributed by atoms with Gasteiger partial charge in [0.1, 0.15) is 0 Å². The summed E-state index contributed by atoms with van der Waals surface area (Å²) in [5.41, 5.74) is 4.02. The Kier molecular flexibility index (Phi) is 4.80. The molecule has 0 fully saturated rings. The number of carbonyl (C=O) groups is 1. The van der Waals surface area contributed by atoms with Crippen molar-refractivity contribution in [3.8, 4) is 0 Å². The van der Waals surface area contributed by atoms with Crippen LogP contribution in [0.2, 0.25) is 0 Å². The van der Waals surface area contributed by atoms with Gasteiger partial charge in [-0.3, -0.25) is 4.79 Å². The van der Waals surface area contributed by atoms with E-state index in [0.29, 0.717) is 6.54 Å². The Morgan fingerprint density at radius 1 is 1.33 bits per heavy atom. The van der Waals surface area contributed by atoms with Gasteiger partial charge in [0.05, 0.1) is 0 Å². The molecule has 0 aliphatic carbocycles. The average molecular weight is 268 g/mol. The summed E-state index contributed by atoms with van der Waals surface area (Å²) in [5.74, 6) is 0. The Morgan fingerprint density at radius 3 is 2.44 bits per heavy atom. The predicted octanol–water partition coefficient (Wildman–Crippen LogP) is 4.13. The lowest BCUT2D eigenvalue weighted by molar-refractivity contribution is 0.232. The fourth-order valence-corrected chi connectivity index (χ4v) is 1.87. The zero-order valence-corrected chi connectivity index (χ0v) is 12.6. The van der Waals surface area contributed by atoms with Gasteiger partial charge in [0.2, 0.25) is 0 Å². The second kappa shape index (κ2) is 5.75. The number of hydrogen-bond acceptors (Lipinski definition) is 1. The highest BCUT2D eigenvalue weighted by atomic mass is 35.5. The van der Waals surface area contributed by atoms with Crippen LogP contribution in [-0.4, -0.2) is 23.9 Å². The molecule has 0 aliphatic rings. The number of halogens is 1. The number of aryl methyl sites for hydroxylation is 1. The molecule has 1 amide bonds. The van der Waals surface area contributed by atoms with Crippen molar-refractivity contribution in [2.24, 2.45) is 0 Å². The number of likely N-dealkylation sites (N-methyl/N-ethyl adjacent to an activating group) is 1. The first-order valence-corrected chi connectivity index (χ1v) is 6.60. The molecule has 3 heteroatoms. The zero-order valence-electron chi connectivity index (χ0n) is 11.9. The average Bonchev–Trinajstić information content (AvgIpc) is 2.25. The second-order valence-electron chi connectivity index (χ2n) is 5.82. The first-order chi connectivity index (χ1) is 8.21. The normalized spacial score (nSPS) is 11.4. The van der Waals surface area contributed by atoms with Crippen LogP contribution in [0.15, 0.2) is 18.2 Å². The molecule has 18 heavy (non-hydrogen) atoms. The van der Waals surface area contributed by atoms with E-state index >= 15 is 0 Å². The van der Waals surface area contributed by atoms with E-state index in [9.17, 15) is 4.79 Å². The fraction of sp³-hybridized carbons (Fsp3) is 0.533. The maximum Gasteiger partial charge on any atom is 0.316 e. The Morgan fingerprint density at radius 2 is 1.94 bits per heavy atom. The molecular formula is C15H22ClNO. The van der Waals surface area contributed by atoms with E-state index in [0.717, 1.165) is 6.42 Å². The smallest absolute Gasteiger partial charge is 0.316 e. The van der Waals surface area contributed by atoms with Crippen molar-refractivity contribution in [2.45, 2.75) is 39.5 Å². The summed E-state index contributed by atoms with van der Waals surface area (Å²) in [7, 11) is 1.72. The molecule has 0 unspecified atom stereocenters. The third-order valence-corrected chi connectivity index (χ3v) is 3.52. The highest BCUT2D eigenvalue weighted by Gasteiger charge is 2.15. The molecule has 1 aromatic rings. The van der Waals surface area contributed by atoms with Crippen molar-refractivity contribution in [1.82, 2.24) is 4.90 Å². The quantitative estimate of drug-likeness (QED) is 0.596. The third-order valence-electron chi connectivity index (χ3n) is 3.23. The van der Waals surface area contributed by atoms with E-state index in [1.165, 1.54) is 21.6 Å². The lowest BCUT2D eigenvalue weighted by atomic mass is 9.85. The Labute approximate surface area is 115 Å². The van der Waals surface area contributed by atoms with Gasteiger partial charge in [-0.15, -0.1) is 0 Å². The molecule has 100 valence electrons. The summed E-state index contributed by atoms with van der Waals surface area (Å²) in [6.45, 7) is 9.36. The largest absolute Gasteiger partial charge is 0.332 e. The van der Waals surface area contributed by atoms with Gasteiger partial charge in [0.25, 0.3) is 0 Å². The molecule has 1 aromatic carbocycles. The van der Waals surface area contributed by atoms with Gasteiger partial charge in [0, 0.05) is 13.6 Å². The standard InChI is InChI=1S/C15H22ClNO/c1-11-6-7-13(15(2,3)4)10-12(11)8-9-17(5)14(16)18/h6-7,10H,8-9H2,1-5H3. The Balaban J connectivity index is 2.85. The van der Waals surface area contributed by atoms with E-state index < -0.39 is 5.37 Å². The van der Waals surface area contributed by atoms with Gasteiger partial charge in [-0.25, -0.2) is 0 Å². The van der Waals surface area contributed by atoms with Crippen LogP contribution in [0.4, 0.5) is 4.79 Å². The Bertz CT molecular complexity index is 435. The van der Waals surface area contributed by atoms with Crippen LogP contribution in [0.1, 0.15) is 37.5 Å². The molecule has 0 aromatic heterocycles. The molecule has 2 nitrogen and oxygen atoms in total. The van der Waals surface area contributed by atoms with E-state index in [1.54, 1.807) is 7.05 Å².